The summed E-state index contributed by atoms with van der Waals surface area (Å²) in [5.41, 5.74) is 0.347. The summed E-state index contributed by atoms with van der Waals surface area (Å²) in [6.07, 6.45) is 3.16. The molecule has 0 aromatic heterocycles. The first kappa shape index (κ1) is 33.7. The quantitative estimate of drug-likeness (QED) is 0.290. The lowest BCUT2D eigenvalue weighted by Gasteiger charge is -2.35. The molecular formula is C32H44BFN4O8. The first-order chi connectivity index (χ1) is 21.8. The highest BCUT2D eigenvalue weighted by Gasteiger charge is 2.49. The molecular weight excluding hydrogens is 598 g/mol. The normalized spacial score (nSPS) is 25.3. The van der Waals surface area contributed by atoms with Gasteiger partial charge in [0.2, 0.25) is 11.8 Å². The summed E-state index contributed by atoms with van der Waals surface area (Å²) in [6, 6.07) is 2.54. The number of carbonyl (C=O) groups excluding carboxylic acids is 4. The number of fused-ring (bicyclic) bond motifs is 1. The minimum absolute atomic E-state index is 0.0162. The van der Waals surface area contributed by atoms with E-state index in [-0.39, 0.29) is 44.7 Å². The van der Waals surface area contributed by atoms with Crippen LogP contribution in [-0.2, 0) is 36.8 Å². The second kappa shape index (κ2) is 14.0. The van der Waals surface area contributed by atoms with Crippen LogP contribution in [0.5, 0.6) is 0 Å². The average molecular weight is 643 g/mol. The molecule has 4 aliphatic rings. The van der Waals surface area contributed by atoms with Gasteiger partial charge in [0.05, 0.1) is 19.0 Å². The first-order valence-electron chi connectivity index (χ1n) is 16.1. The maximum atomic E-state index is 14.3. The molecule has 3 N–H and O–H groups in total. The number of carbonyl (C=O) groups is 4. The topological polar surface area (TPSA) is 147 Å². The minimum Gasteiger partial charge on any atom is -0.446 e. The molecule has 0 spiro atoms. The highest BCUT2D eigenvalue weighted by molar-refractivity contribution is 6.46. The Morgan fingerprint density at radius 3 is 2.59 bits per heavy atom. The SMILES string of the molecule is C=CC[C@@H]1COB(O)[C@@H]1NC(=O)[C@@H]1C[C@@H](OC(=O)N2Cc3cccc(F)c3C2)CN1C(=O)[C@@H](NC(=O)OC1CCCC1)C(C)(C)C. The maximum Gasteiger partial charge on any atom is 0.478 e. The molecule has 46 heavy (non-hydrogen) atoms. The van der Waals surface area contributed by atoms with Crippen molar-refractivity contribution in [3.63, 3.8) is 0 Å². The Morgan fingerprint density at radius 1 is 1.17 bits per heavy atom. The molecule has 1 aliphatic carbocycles. The molecule has 14 heteroatoms. The summed E-state index contributed by atoms with van der Waals surface area (Å²) >= 11 is 0. The van der Waals surface area contributed by atoms with Gasteiger partial charge in [-0.25, -0.2) is 14.0 Å². The third-order valence-corrected chi connectivity index (χ3v) is 9.33. The van der Waals surface area contributed by atoms with E-state index in [0.717, 1.165) is 25.7 Å². The number of halogens is 1. The molecule has 5 rings (SSSR count). The van der Waals surface area contributed by atoms with Gasteiger partial charge in [-0.1, -0.05) is 39.0 Å². The van der Waals surface area contributed by atoms with Crippen molar-refractivity contribution >= 4 is 31.1 Å². The Morgan fingerprint density at radius 2 is 1.91 bits per heavy atom. The molecule has 1 aromatic rings. The van der Waals surface area contributed by atoms with Gasteiger partial charge in [-0.15, -0.1) is 6.58 Å². The monoisotopic (exact) mass is 642 g/mol. The number of nitrogens with zero attached hydrogens (tertiary/aromatic N) is 2. The van der Waals surface area contributed by atoms with Crippen LogP contribution in [0.2, 0.25) is 0 Å². The number of allylic oxidation sites excluding steroid dienone is 1. The number of rotatable bonds is 8. The van der Waals surface area contributed by atoms with E-state index < -0.39 is 66.5 Å². The Bertz CT molecular complexity index is 1340. The van der Waals surface area contributed by atoms with Gasteiger partial charge in [0.15, 0.2) is 0 Å². The van der Waals surface area contributed by atoms with Crippen LogP contribution in [0.1, 0.15) is 70.4 Å². The third kappa shape index (κ3) is 7.49. The molecule has 3 fully saturated rings. The van der Waals surface area contributed by atoms with Gasteiger partial charge in [0.1, 0.15) is 30.1 Å². The van der Waals surface area contributed by atoms with Gasteiger partial charge in [0, 0.05) is 31.1 Å². The van der Waals surface area contributed by atoms with Crippen LogP contribution < -0.4 is 10.6 Å². The number of amides is 4. The lowest BCUT2D eigenvalue weighted by molar-refractivity contribution is -0.142. The standard InChI is InChI=1S/C32H44BFN4O8/c1-5-9-20-18-44-33(43)27(20)36-28(39)25-14-22(46-31(42)37-15-19-10-8-13-24(34)23(19)17-37)16-38(25)29(40)26(32(2,3)4)35-30(41)45-21-11-6-7-12-21/h5,8,10,13,20-22,25-27,43H,1,6-7,9,11-12,14-18H2,2-4H3,(H,35,41)(H,36,39)/t20-,22-,25+,26-,27-/m1/s1. The molecule has 5 atom stereocenters. The second-order valence-corrected chi connectivity index (χ2v) is 13.8. The zero-order chi connectivity index (χ0) is 33.2. The van der Waals surface area contributed by atoms with E-state index in [1.165, 1.54) is 15.9 Å². The van der Waals surface area contributed by atoms with Gasteiger partial charge >= 0.3 is 19.3 Å². The molecule has 0 radical (unpaired) electrons. The van der Waals surface area contributed by atoms with Crippen molar-refractivity contribution in [2.24, 2.45) is 11.3 Å². The third-order valence-electron chi connectivity index (χ3n) is 9.33. The Labute approximate surface area is 269 Å². The molecule has 2 saturated heterocycles. The highest BCUT2D eigenvalue weighted by atomic mass is 19.1. The molecule has 3 aliphatic heterocycles. The number of hydrogen-bond donors (Lipinski definition) is 3. The summed E-state index contributed by atoms with van der Waals surface area (Å²) in [5.74, 6) is -2.44. The van der Waals surface area contributed by atoms with Gasteiger partial charge in [-0.2, -0.15) is 0 Å². The zero-order valence-corrected chi connectivity index (χ0v) is 26.7. The minimum atomic E-state index is -1.24. The smallest absolute Gasteiger partial charge is 0.446 e. The van der Waals surface area contributed by atoms with Gasteiger partial charge in [-0.05, 0) is 49.1 Å². The molecule has 0 unspecified atom stereocenters. The summed E-state index contributed by atoms with van der Waals surface area (Å²) in [5, 5.41) is 16.0. The van der Waals surface area contributed by atoms with E-state index in [0.29, 0.717) is 17.5 Å². The summed E-state index contributed by atoms with van der Waals surface area (Å²) in [7, 11) is -1.24. The second-order valence-electron chi connectivity index (χ2n) is 13.8. The molecule has 3 heterocycles. The number of ether oxygens (including phenoxy) is 2. The van der Waals surface area contributed by atoms with E-state index >= 15 is 0 Å². The molecule has 1 saturated carbocycles. The van der Waals surface area contributed by atoms with Gasteiger partial charge in [-0.3, -0.25) is 14.5 Å². The van der Waals surface area contributed by atoms with Crippen LogP contribution in [0.4, 0.5) is 14.0 Å². The van der Waals surface area contributed by atoms with Gasteiger partial charge in [0.25, 0.3) is 0 Å². The van der Waals surface area contributed by atoms with E-state index in [1.807, 2.05) is 0 Å². The molecule has 250 valence electrons. The van der Waals surface area contributed by atoms with Crippen LogP contribution in [-0.4, -0.2) is 89.3 Å². The number of benzene rings is 1. The van der Waals surface area contributed by atoms with E-state index in [4.69, 9.17) is 14.1 Å². The maximum absolute atomic E-state index is 14.3. The van der Waals surface area contributed by atoms with Crippen molar-refractivity contribution in [1.29, 1.82) is 0 Å². The first-order valence-corrected chi connectivity index (χ1v) is 16.1. The number of nitrogens with one attached hydrogen (secondary N) is 2. The fourth-order valence-electron chi connectivity index (χ4n) is 6.77. The molecule has 1 aromatic carbocycles. The van der Waals surface area contributed by atoms with Crippen LogP contribution in [0, 0.1) is 17.2 Å². The largest absolute Gasteiger partial charge is 0.478 e. The van der Waals surface area contributed by atoms with Crippen LogP contribution in [0.15, 0.2) is 30.9 Å². The predicted molar refractivity (Wildman–Crippen MR) is 165 cm³/mol. The van der Waals surface area contributed by atoms with Crippen molar-refractivity contribution in [3.05, 3.63) is 47.8 Å². The van der Waals surface area contributed by atoms with E-state index in [9.17, 15) is 28.6 Å². The molecule has 4 amide bonds. The van der Waals surface area contributed by atoms with Crippen LogP contribution in [0.25, 0.3) is 0 Å². The average Bonchev–Trinajstić information content (AvgIpc) is 3.80. The van der Waals surface area contributed by atoms with Crippen molar-refractivity contribution in [2.45, 2.75) is 103 Å². The summed E-state index contributed by atoms with van der Waals surface area (Å²) < 4.78 is 31.1. The zero-order valence-electron chi connectivity index (χ0n) is 26.7. The Hall–Kier alpha value is -3.65. The van der Waals surface area contributed by atoms with Crippen LogP contribution in [0.3, 0.4) is 0 Å². The molecule has 12 nitrogen and oxygen atoms in total. The number of hydrogen-bond acceptors (Lipinski definition) is 8. The lowest BCUT2D eigenvalue weighted by atomic mass is 9.74. The fraction of sp³-hybridized carbons (Fsp3) is 0.625. The van der Waals surface area contributed by atoms with E-state index in [2.05, 4.69) is 17.2 Å². The predicted octanol–water partition coefficient (Wildman–Crippen LogP) is 3.06. The van der Waals surface area contributed by atoms with Crippen LogP contribution >= 0.6 is 0 Å². The van der Waals surface area contributed by atoms with Gasteiger partial charge < -0.3 is 34.7 Å². The number of likely N-dealkylation sites (tertiary alicyclic amines) is 1. The Kier molecular flexibility index (Phi) is 10.3. The Balaban J connectivity index is 1.33. The highest BCUT2D eigenvalue weighted by Crippen LogP contribution is 2.31. The van der Waals surface area contributed by atoms with E-state index in [1.54, 1.807) is 39.0 Å². The van der Waals surface area contributed by atoms with Crippen molar-refractivity contribution in [1.82, 2.24) is 20.4 Å². The molecule has 0 bridgehead atoms. The van der Waals surface area contributed by atoms with Crippen molar-refractivity contribution in [2.75, 3.05) is 13.2 Å². The summed E-state index contributed by atoms with van der Waals surface area (Å²) in [4.78, 5) is 56.8. The number of alkyl carbamates (subject to hydrolysis) is 1. The fourth-order valence-corrected chi connectivity index (χ4v) is 6.77. The van der Waals surface area contributed by atoms with Crippen molar-refractivity contribution < 1.29 is 42.7 Å². The lowest BCUT2D eigenvalue weighted by Crippen LogP contribution is -2.59. The van der Waals surface area contributed by atoms with Crippen molar-refractivity contribution in [3.8, 4) is 0 Å². The summed E-state index contributed by atoms with van der Waals surface area (Å²) in [6.45, 7) is 9.47.